The highest BCUT2D eigenvalue weighted by atomic mass is 35.5. The summed E-state index contributed by atoms with van der Waals surface area (Å²) in [5.41, 5.74) is 7.44. The van der Waals surface area contributed by atoms with Crippen molar-refractivity contribution in [2.75, 3.05) is 23.8 Å². The molecule has 3 N–H and O–H groups in total. The zero-order chi connectivity index (χ0) is 12.3. The number of hydrogen-bond acceptors (Lipinski definition) is 3. The van der Waals surface area contributed by atoms with Gasteiger partial charge in [-0.25, -0.2) is 0 Å². The zero-order valence-electron chi connectivity index (χ0n) is 9.90. The molecule has 3 nitrogen and oxygen atoms in total. The fraction of sp³-hybridized carbons (Fsp3) is 0.538. The van der Waals surface area contributed by atoms with Crippen molar-refractivity contribution in [1.82, 2.24) is 0 Å². The first-order valence-corrected chi connectivity index (χ1v) is 6.52. The van der Waals surface area contributed by atoms with Crippen LogP contribution >= 0.6 is 11.6 Å². The predicted molar refractivity (Wildman–Crippen MR) is 72.6 cm³/mol. The lowest BCUT2D eigenvalue weighted by atomic mass is 9.91. The van der Waals surface area contributed by atoms with Crippen LogP contribution in [0.2, 0.25) is 5.02 Å². The fourth-order valence-electron chi connectivity index (χ4n) is 2.20. The Morgan fingerprint density at radius 1 is 1.41 bits per heavy atom. The second-order valence-corrected chi connectivity index (χ2v) is 4.97. The smallest absolute Gasteiger partial charge is 0.0660 e. The lowest BCUT2D eigenvalue weighted by Gasteiger charge is -2.39. The minimum atomic E-state index is 0.218. The van der Waals surface area contributed by atoms with Crippen LogP contribution in [0.5, 0.6) is 0 Å². The number of hydrogen-bond donors (Lipinski definition) is 2. The van der Waals surface area contributed by atoms with E-state index >= 15 is 0 Å². The highest BCUT2D eigenvalue weighted by Crippen LogP contribution is 2.34. The molecule has 1 aromatic rings. The normalized spacial score (nSPS) is 15.6. The highest BCUT2D eigenvalue weighted by molar-refractivity contribution is 6.33. The second-order valence-electron chi connectivity index (χ2n) is 4.57. The Balaban J connectivity index is 2.17. The van der Waals surface area contributed by atoms with Crippen LogP contribution in [-0.2, 0) is 0 Å². The second kappa shape index (κ2) is 5.61. The summed E-state index contributed by atoms with van der Waals surface area (Å²) in [6.07, 6.45) is 4.49. The molecule has 1 saturated carbocycles. The summed E-state index contributed by atoms with van der Waals surface area (Å²) in [6, 6.07) is 6.23. The van der Waals surface area contributed by atoms with Gasteiger partial charge in [0.25, 0.3) is 0 Å². The summed E-state index contributed by atoms with van der Waals surface area (Å²) in [7, 11) is 0. The quantitative estimate of drug-likeness (QED) is 0.795. The molecular formula is C13H19ClN2O. The Hall–Kier alpha value is -0.930. The van der Waals surface area contributed by atoms with Gasteiger partial charge in [0, 0.05) is 24.9 Å². The Bertz CT molecular complexity index is 380. The number of nitrogen functional groups attached to an aromatic ring is 1. The number of aliphatic hydroxyl groups excluding tert-OH is 1. The number of nitrogens with two attached hydrogens (primary N) is 1. The van der Waals surface area contributed by atoms with Crippen LogP contribution in [0.15, 0.2) is 18.2 Å². The first-order chi connectivity index (χ1) is 8.22. The van der Waals surface area contributed by atoms with Crippen LogP contribution in [0, 0.1) is 0 Å². The van der Waals surface area contributed by atoms with E-state index in [-0.39, 0.29) is 6.61 Å². The molecule has 0 aliphatic heterocycles. The van der Waals surface area contributed by atoms with Crippen molar-refractivity contribution in [2.45, 2.75) is 31.7 Å². The molecule has 94 valence electrons. The molecule has 17 heavy (non-hydrogen) atoms. The van der Waals surface area contributed by atoms with E-state index in [1.54, 1.807) is 6.07 Å². The minimum Gasteiger partial charge on any atom is -0.399 e. The topological polar surface area (TPSA) is 49.5 Å². The van der Waals surface area contributed by atoms with E-state index in [0.717, 1.165) is 18.7 Å². The molecule has 0 aromatic heterocycles. The molecule has 1 fully saturated rings. The minimum absolute atomic E-state index is 0.218. The molecule has 2 rings (SSSR count). The van der Waals surface area contributed by atoms with E-state index in [2.05, 4.69) is 4.90 Å². The molecule has 0 radical (unpaired) electrons. The maximum absolute atomic E-state index is 8.97. The van der Waals surface area contributed by atoms with Crippen LogP contribution in [-0.4, -0.2) is 24.3 Å². The molecule has 4 heteroatoms. The van der Waals surface area contributed by atoms with Gasteiger partial charge in [0.05, 0.1) is 10.7 Å². The zero-order valence-corrected chi connectivity index (χ0v) is 10.7. The van der Waals surface area contributed by atoms with Crippen LogP contribution in [0.1, 0.15) is 25.7 Å². The average molecular weight is 255 g/mol. The molecule has 0 spiro atoms. The Morgan fingerprint density at radius 2 is 2.18 bits per heavy atom. The van der Waals surface area contributed by atoms with E-state index < -0.39 is 0 Å². The van der Waals surface area contributed by atoms with Crippen LogP contribution in [0.25, 0.3) is 0 Å². The van der Waals surface area contributed by atoms with Crippen LogP contribution in [0.3, 0.4) is 0 Å². The third-order valence-corrected chi connectivity index (χ3v) is 3.66. The SMILES string of the molecule is Nc1ccc(N(CCCO)C2CCC2)c(Cl)c1. The number of aliphatic hydroxyl groups is 1. The van der Waals surface area contributed by atoms with Crippen molar-refractivity contribution in [1.29, 1.82) is 0 Å². The third-order valence-electron chi connectivity index (χ3n) is 3.35. The molecule has 0 amide bonds. The molecular weight excluding hydrogens is 236 g/mol. The van der Waals surface area contributed by atoms with E-state index in [1.807, 2.05) is 12.1 Å². The number of halogens is 1. The number of benzene rings is 1. The summed E-state index contributed by atoms with van der Waals surface area (Å²) < 4.78 is 0. The van der Waals surface area contributed by atoms with Gasteiger partial charge in [0.1, 0.15) is 0 Å². The third kappa shape index (κ3) is 2.85. The number of anilines is 2. The Labute approximate surface area is 107 Å². The first kappa shape index (κ1) is 12.5. The van der Waals surface area contributed by atoms with Gasteiger partial charge >= 0.3 is 0 Å². The van der Waals surface area contributed by atoms with Gasteiger partial charge in [0.15, 0.2) is 0 Å². The molecule has 1 aromatic carbocycles. The van der Waals surface area contributed by atoms with Crippen LogP contribution < -0.4 is 10.6 Å². The van der Waals surface area contributed by atoms with E-state index in [4.69, 9.17) is 22.4 Å². The van der Waals surface area contributed by atoms with Gasteiger partial charge in [-0.15, -0.1) is 0 Å². The van der Waals surface area contributed by atoms with Gasteiger partial charge < -0.3 is 15.7 Å². The lowest BCUT2D eigenvalue weighted by Crippen LogP contribution is -2.41. The summed E-state index contributed by atoms with van der Waals surface area (Å²) in [5.74, 6) is 0. The van der Waals surface area contributed by atoms with Gasteiger partial charge in [-0.1, -0.05) is 11.6 Å². The molecule has 0 bridgehead atoms. The molecule has 0 unspecified atom stereocenters. The maximum atomic E-state index is 8.97. The first-order valence-electron chi connectivity index (χ1n) is 6.15. The summed E-state index contributed by atoms with van der Waals surface area (Å²) in [6.45, 7) is 1.07. The van der Waals surface area contributed by atoms with Gasteiger partial charge in [-0.3, -0.25) is 0 Å². The van der Waals surface area contributed by atoms with Crippen LogP contribution in [0.4, 0.5) is 11.4 Å². The maximum Gasteiger partial charge on any atom is 0.0660 e. The average Bonchev–Trinajstić information content (AvgIpc) is 2.22. The van der Waals surface area contributed by atoms with Crippen molar-refractivity contribution in [3.63, 3.8) is 0 Å². The predicted octanol–water partition coefficient (Wildman–Crippen LogP) is 2.66. The Kier molecular flexibility index (Phi) is 4.13. The molecule has 0 heterocycles. The molecule has 0 saturated heterocycles. The van der Waals surface area contributed by atoms with Crippen molar-refractivity contribution < 1.29 is 5.11 Å². The monoisotopic (exact) mass is 254 g/mol. The standard InChI is InChI=1S/C13H19ClN2O/c14-12-9-10(15)5-6-13(12)16(7-2-8-17)11-3-1-4-11/h5-6,9,11,17H,1-4,7-8,15H2. The van der Waals surface area contributed by atoms with Gasteiger partial charge in [-0.05, 0) is 43.9 Å². The molecule has 1 aliphatic carbocycles. The van der Waals surface area contributed by atoms with Crippen molar-refractivity contribution in [3.05, 3.63) is 23.2 Å². The van der Waals surface area contributed by atoms with Crippen molar-refractivity contribution in [3.8, 4) is 0 Å². The van der Waals surface area contributed by atoms with Crippen molar-refractivity contribution in [2.24, 2.45) is 0 Å². The van der Waals surface area contributed by atoms with E-state index in [9.17, 15) is 0 Å². The highest BCUT2D eigenvalue weighted by Gasteiger charge is 2.26. The summed E-state index contributed by atoms with van der Waals surface area (Å²) >= 11 is 6.24. The summed E-state index contributed by atoms with van der Waals surface area (Å²) in [4.78, 5) is 2.31. The Morgan fingerprint density at radius 3 is 2.71 bits per heavy atom. The summed E-state index contributed by atoms with van der Waals surface area (Å²) in [5, 5.41) is 9.67. The molecule has 0 atom stereocenters. The van der Waals surface area contributed by atoms with E-state index in [1.165, 1.54) is 19.3 Å². The largest absolute Gasteiger partial charge is 0.399 e. The number of rotatable bonds is 5. The van der Waals surface area contributed by atoms with Gasteiger partial charge in [0.2, 0.25) is 0 Å². The van der Waals surface area contributed by atoms with E-state index in [0.29, 0.717) is 16.8 Å². The lowest BCUT2D eigenvalue weighted by molar-refractivity contribution is 0.283. The van der Waals surface area contributed by atoms with Gasteiger partial charge in [-0.2, -0.15) is 0 Å². The fourth-order valence-corrected chi connectivity index (χ4v) is 2.49. The molecule has 1 aliphatic rings. The van der Waals surface area contributed by atoms with Crippen molar-refractivity contribution >= 4 is 23.0 Å². The number of nitrogens with zero attached hydrogens (tertiary/aromatic N) is 1.